The fraction of sp³-hybridized carbons (Fsp3) is 0.0625. The van der Waals surface area contributed by atoms with Gasteiger partial charge in [-0.2, -0.15) is 0 Å². The molecule has 0 saturated carbocycles. The molecule has 0 bridgehead atoms. The highest BCUT2D eigenvalue weighted by molar-refractivity contribution is 6.08. The molecule has 0 spiro atoms. The number of carbonyl (C=O) groups is 1. The summed E-state index contributed by atoms with van der Waals surface area (Å²) < 4.78 is 0. The average molecular weight is 266 g/mol. The normalized spacial score (nSPS) is 12.7. The van der Waals surface area contributed by atoms with Gasteiger partial charge in [0.25, 0.3) is 0 Å². The van der Waals surface area contributed by atoms with Crippen molar-refractivity contribution in [3.05, 3.63) is 54.1 Å². The molecule has 3 aromatic carbocycles. The molecule has 20 heavy (non-hydrogen) atoms. The van der Waals surface area contributed by atoms with E-state index >= 15 is 0 Å². The summed E-state index contributed by atoms with van der Waals surface area (Å²) in [7, 11) is 0. The first-order chi connectivity index (χ1) is 9.59. The first-order valence-corrected chi connectivity index (χ1v) is 6.28. The fourth-order valence-electron chi connectivity index (χ4n) is 2.61. The van der Waals surface area contributed by atoms with Crippen molar-refractivity contribution in [3.63, 3.8) is 0 Å². The number of anilines is 1. The highest BCUT2D eigenvalue weighted by atomic mass is 16.4. The molecule has 0 heterocycles. The van der Waals surface area contributed by atoms with Gasteiger partial charge in [-0.15, -0.1) is 0 Å². The van der Waals surface area contributed by atoms with E-state index < -0.39 is 12.0 Å². The Balaban J connectivity index is 2.53. The summed E-state index contributed by atoms with van der Waals surface area (Å²) in [5, 5.41) is 12.7. The minimum absolute atomic E-state index is 0.609. The molecular formula is C16H14N2O2. The number of nitrogen functional groups attached to an aromatic ring is 1. The second-order valence-electron chi connectivity index (χ2n) is 4.77. The van der Waals surface area contributed by atoms with Crippen LogP contribution in [0.2, 0.25) is 0 Å². The Hall–Kier alpha value is -2.59. The summed E-state index contributed by atoms with van der Waals surface area (Å²) >= 11 is 0. The third-order valence-electron chi connectivity index (χ3n) is 3.56. The Morgan fingerprint density at radius 3 is 2.45 bits per heavy atom. The predicted molar refractivity (Wildman–Crippen MR) is 80.4 cm³/mol. The molecule has 3 aromatic rings. The third kappa shape index (κ3) is 1.78. The van der Waals surface area contributed by atoms with Gasteiger partial charge in [0.15, 0.2) is 0 Å². The van der Waals surface area contributed by atoms with Gasteiger partial charge >= 0.3 is 5.97 Å². The molecule has 0 fully saturated rings. The number of carboxylic acids is 1. The van der Waals surface area contributed by atoms with Crippen molar-refractivity contribution in [1.82, 2.24) is 0 Å². The van der Waals surface area contributed by atoms with E-state index in [4.69, 9.17) is 11.5 Å². The number of carboxylic acid groups (broad SMARTS) is 1. The van der Waals surface area contributed by atoms with Crippen molar-refractivity contribution in [2.45, 2.75) is 6.04 Å². The van der Waals surface area contributed by atoms with E-state index in [0.29, 0.717) is 11.3 Å². The van der Waals surface area contributed by atoms with Crippen molar-refractivity contribution < 1.29 is 9.90 Å². The Morgan fingerprint density at radius 1 is 1.00 bits per heavy atom. The average Bonchev–Trinajstić information content (AvgIpc) is 2.45. The van der Waals surface area contributed by atoms with Gasteiger partial charge in [-0.1, -0.05) is 36.4 Å². The van der Waals surface area contributed by atoms with Gasteiger partial charge in [0.2, 0.25) is 0 Å². The zero-order chi connectivity index (χ0) is 14.3. The summed E-state index contributed by atoms with van der Waals surface area (Å²) in [6, 6.07) is 14.0. The standard InChI is InChI=1S/C16H14N2O2/c17-13-7-3-6-11-12(13)8-9-4-1-2-5-10(9)14(11)15(18)16(19)20/h1-8,15H,17-18H2,(H,19,20). The van der Waals surface area contributed by atoms with Crippen LogP contribution in [0.1, 0.15) is 11.6 Å². The molecule has 4 nitrogen and oxygen atoms in total. The van der Waals surface area contributed by atoms with E-state index in [-0.39, 0.29) is 0 Å². The van der Waals surface area contributed by atoms with Crippen LogP contribution in [0.15, 0.2) is 48.5 Å². The molecule has 0 aliphatic rings. The molecule has 5 N–H and O–H groups in total. The van der Waals surface area contributed by atoms with Crippen LogP contribution in [0.4, 0.5) is 5.69 Å². The SMILES string of the molecule is Nc1cccc2c(C(N)C(=O)O)c3ccccc3cc12. The van der Waals surface area contributed by atoms with Crippen LogP contribution in [0.5, 0.6) is 0 Å². The van der Waals surface area contributed by atoms with Gasteiger partial charge in [0.05, 0.1) is 0 Å². The summed E-state index contributed by atoms with van der Waals surface area (Å²) in [6.45, 7) is 0. The number of aliphatic carboxylic acids is 1. The van der Waals surface area contributed by atoms with E-state index in [0.717, 1.165) is 21.5 Å². The van der Waals surface area contributed by atoms with Crippen LogP contribution in [0, 0.1) is 0 Å². The Bertz CT molecular complexity index is 827. The Kier molecular flexibility index (Phi) is 2.80. The zero-order valence-corrected chi connectivity index (χ0v) is 10.7. The van der Waals surface area contributed by atoms with Crippen molar-refractivity contribution in [1.29, 1.82) is 0 Å². The van der Waals surface area contributed by atoms with Crippen LogP contribution >= 0.6 is 0 Å². The van der Waals surface area contributed by atoms with Gasteiger partial charge in [-0.05, 0) is 33.9 Å². The van der Waals surface area contributed by atoms with Crippen molar-refractivity contribution in [2.24, 2.45) is 5.73 Å². The monoisotopic (exact) mass is 266 g/mol. The molecule has 0 aliphatic heterocycles. The van der Waals surface area contributed by atoms with Crippen LogP contribution in [0.3, 0.4) is 0 Å². The molecule has 1 atom stereocenters. The number of nitrogens with two attached hydrogens (primary N) is 2. The quantitative estimate of drug-likeness (QED) is 0.491. The number of benzene rings is 3. The number of hydrogen-bond acceptors (Lipinski definition) is 3. The lowest BCUT2D eigenvalue weighted by molar-refractivity contribution is -0.138. The van der Waals surface area contributed by atoms with Crippen molar-refractivity contribution in [2.75, 3.05) is 5.73 Å². The van der Waals surface area contributed by atoms with E-state index in [9.17, 15) is 9.90 Å². The summed E-state index contributed by atoms with van der Waals surface area (Å²) in [6.07, 6.45) is 0. The smallest absolute Gasteiger partial charge is 0.325 e. The van der Waals surface area contributed by atoms with Crippen molar-refractivity contribution in [3.8, 4) is 0 Å². The summed E-state index contributed by atoms with van der Waals surface area (Å²) in [4.78, 5) is 11.3. The molecule has 3 rings (SSSR count). The Morgan fingerprint density at radius 2 is 1.70 bits per heavy atom. The van der Waals surface area contributed by atoms with Gasteiger partial charge < -0.3 is 16.6 Å². The maximum absolute atomic E-state index is 11.3. The predicted octanol–water partition coefficient (Wildman–Crippen LogP) is 2.66. The topological polar surface area (TPSA) is 89.3 Å². The molecule has 100 valence electrons. The molecule has 4 heteroatoms. The molecule has 1 unspecified atom stereocenters. The molecule has 0 saturated heterocycles. The van der Waals surface area contributed by atoms with Crippen LogP contribution < -0.4 is 11.5 Å². The maximum atomic E-state index is 11.3. The Labute approximate surface area is 115 Å². The first kappa shape index (κ1) is 12.4. The van der Waals surface area contributed by atoms with E-state index in [1.54, 1.807) is 6.07 Å². The fourth-order valence-corrected chi connectivity index (χ4v) is 2.61. The summed E-state index contributed by atoms with van der Waals surface area (Å²) in [5.41, 5.74) is 13.1. The lowest BCUT2D eigenvalue weighted by atomic mass is 9.92. The molecule has 0 aliphatic carbocycles. The van der Waals surface area contributed by atoms with Gasteiger partial charge in [0, 0.05) is 11.1 Å². The van der Waals surface area contributed by atoms with Gasteiger partial charge in [0.1, 0.15) is 6.04 Å². The summed E-state index contributed by atoms with van der Waals surface area (Å²) in [5.74, 6) is -1.05. The number of rotatable bonds is 2. The minimum atomic E-state index is -1.08. The van der Waals surface area contributed by atoms with E-state index in [1.165, 1.54) is 0 Å². The third-order valence-corrected chi connectivity index (χ3v) is 3.56. The highest BCUT2D eigenvalue weighted by Crippen LogP contribution is 2.34. The maximum Gasteiger partial charge on any atom is 0.325 e. The second kappa shape index (κ2) is 4.51. The first-order valence-electron chi connectivity index (χ1n) is 6.28. The van der Waals surface area contributed by atoms with E-state index in [1.807, 2.05) is 42.5 Å². The lowest BCUT2D eigenvalue weighted by Crippen LogP contribution is -2.21. The van der Waals surface area contributed by atoms with Crippen LogP contribution in [-0.2, 0) is 4.79 Å². The molecule has 0 radical (unpaired) electrons. The second-order valence-corrected chi connectivity index (χ2v) is 4.77. The highest BCUT2D eigenvalue weighted by Gasteiger charge is 2.20. The van der Waals surface area contributed by atoms with Crippen LogP contribution in [-0.4, -0.2) is 11.1 Å². The molecule has 0 aromatic heterocycles. The van der Waals surface area contributed by atoms with Gasteiger partial charge in [-0.3, -0.25) is 4.79 Å². The lowest BCUT2D eigenvalue weighted by Gasteiger charge is -2.15. The van der Waals surface area contributed by atoms with E-state index in [2.05, 4.69) is 0 Å². The molecular weight excluding hydrogens is 252 g/mol. The number of fused-ring (bicyclic) bond motifs is 2. The zero-order valence-electron chi connectivity index (χ0n) is 10.7. The van der Waals surface area contributed by atoms with Crippen molar-refractivity contribution >= 4 is 33.2 Å². The largest absolute Gasteiger partial charge is 0.480 e. The minimum Gasteiger partial charge on any atom is -0.480 e. The van der Waals surface area contributed by atoms with Gasteiger partial charge in [-0.25, -0.2) is 0 Å². The van der Waals surface area contributed by atoms with Crippen LogP contribution in [0.25, 0.3) is 21.5 Å². The number of hydrogen-bond donors (Lipinski definition) is 3. The molecule has 0 amide bonds.